The van der Waals surface area contributed by atoms with Crippen LogP contribution in [0.15, 0.2) is 41.3 Å². The van der Waals surface area contributed by atoms with Crippen LogP contribution in [0.1, 0.15) is 47.0 Å². The summed E-state index contributed by atoms with van der Waals surface area (Å²) in [7, 11) is 0. The van der Waals surface area contributed by atoms with Crippen LogP contribution < -0.4 is 10.6 Å². The molecular formula is C28H37N3O4S. The number of nitrogens with one attached hydrogen (secondary N) is 2. The van der Waals surface area contributed by atoms with Crippen LogP contribution in [0, 0.1) is 23.7 Å². The monoisotopic (exact) mass is 511 g/mol. The van der Waals surface area contributed by atoms with Gasteiger partial charge in [0.15, 0.2) is 0 Å². The summed E-state index contributed by atoms with van der Waals surface area (Å²) in [6.45, 7) is 8.26. The zero-order valence-electron chi connectivity index (χ0n) is 21.7. The average Bonchev–Trinajstić information content (AvgIpc) is 3.49. The molecule has 7 nitrogen and oxygen atoms in total. The summed E-state index contributed by atoms with van der Waals surface area (Å²) in [5.41, 5.74) is -0.434. The highest BCUT2D eigenvalue weighted by atomic mass is 32.2. The third-order valence-electron chi connectivity index (χ3n) is 8.79. The van der Waals surface area contributed by atoms with Crippen molar-refractivity contribution in [3.8, 4) is 0 Å². The number of thioether (sulfide) groups is 1. The summed E-state index contributed by atoms with van der Waals surface area (Å²) in [5, 5.41) is 6.28. The van der Waals surface area contributed by atoms with Crippen molar-refractivity contribution in [1.29, 1.82) is 0 Å². The van der Waals surface area contributed by atoms with Crippen LogP contribution in [0.5, 0.6) is 0 Å². The molecule has 1 aromatic carbocycles. The molecule has 1 aromatic rings. The van der Waals surface area contributed by atoms with E-state index in [0.717, 1.165) is 17.7 Å². The summed E-state index contributed by atoms with van der Waals surface area (Å²) in [6.07, 6.45) is 8.39. The zero-order valence-corrected chi connectivity index (χ0v) is 22.5. The number of carbonyl (C=O) groups is 3. The van der Waals surface area contributed by atoms with Crippen LogP contribution >= 0.6 is 11.8 Å². The van der Waals surface area contributed by atoms with E-state index in [1.54, 1.807) is 16.7 Å². The molecule has 8 atom stereocenters. The Hall–Kier alpha value is -2.32. The van der Waals surface area contributed by atoms with Crippen molar-refractivity contribution in [2.45, 2.75) is 81.7 Å². The number of amides is 3. The Kier molecular flexibility index (Phi) is 6.70. The van der Waals surface area contributed by atoms with E-state index in [4.69, 9.17) is 4.74 Å². The van der Waals surface area contributed by atoms with Crippen molar-refractivity contribution < 1.29 is 19.1 Å². The summed E-state index contributed by atoms with van der Waals surface area (Å²) < 4.78 is 6.42. The second kappa shape index (κ2) is 9.53. The molecule has 36 heavy (non-hydrogen) atoms. The number of carbonyl (C=O) groups excluding carboxylic acids is 3. The fourth-order valence-corrected chi connectivity index (χ4v) is 7.19. The van der Waals surface area contributed by atoms with Gasteiger partial charge in [0, 0.05) is 22.7 Å². The number of rotatable bonds is 6. The molecule has 3 heterocycles. The first-order valence-corrected chi connectivity index (χ1v) is 14.3. The molecule has 1 aliphatic carbocycles. The van der Waals surface area contributed by atoms with E-state index in [1.165, 1.54) is 6.42 Å². The fraction of sp³-hybridized carbons (Fsp3) is 0.607. The minimum Gasteiger partial charge on any atom is -0.359 e. The van der Waals surface area contributed by atoms with Gasteiger partial charge in [0.05, 0.1) is 17.9 Å². The lowest BCUT2D eigenvalue weighted by Gasteiger charge is -2.38. The SMILES string of the molecule is CSc1cccc(NC(=O)C2C3C=CC4(O3)C2C(=O)N(C(C)C)C4C(=O)NC2CCCC(C)C2C)c1. The van der Waals surface area contributed by atoms with Gasteiger partial charge in [-0.1, -0.05) is 44.9 Å². The van der Waals surface area contributed by atoms with Gasteiger partial charge < -0.3 is 20.3 Å². The Morgan fingerprint density at radius 1 is 1.19 bits per heavy atom. The van der Waals surface area contributed by atoms with Gasteiger partial charge in [0.25, 0.3) is 0 Å². The van der Waals surface area contributed by atoms with E-state index in [-0.39, 0.29) is 29.8 Å². The molecule has 194 valence electrons. The molecule has 3 fully saturated rings. The summed E-state index contributed by atoms with van der Waals surface area (Å²) in [6, 6.07) is 6.72. The predicted octanol–water partition coefficient (Wildman–Crippen LogP) is 3.85. The van der Waals surface area contributed by atoms with Crippen LogP contribution in [0.25, 0.3) is 0 Å². The van der Waals surface area contributed by atoms with Crippen LogP contribution in [0.3, 0.4) is 0 Å². The first kappa shape index (κ1) is 25.3. The maximum Gasteiger partial charge on any atom is 0.246 e. The van der Waals surface area contributed by atoms with Crippen molar-refractivity contribution in [1.82, 2.24) is 10.2 Å². The number of benzene rings is 1. The molecular weight excluding hydrogens is 474 g/mol. The van der Waals surface area contributed by atoms with E-state index in [0.29, 0.717) is 17.5 Å². The molecule has 2 saturated heterocycles. The maximum absolute atomic E-state index is 13.9. The smallest absolute Gasteiger partial charge is 0.246 e. The standard InChI is InChI=1S/C28H37N3O4S/c1-15(2)31-24(26(33)30-20-11-6-8-16(3)17(20)4)28-13-12-21(35-28)22(23(28)27(31)34)25(32)29-18-9-7-10-19(14-18)36-5/h7,9-10,12-17,20-24H,6,8,11H2,1-5H3,(H,29,32)(H,30,33). The van der Waals surface area contributed by atoms with Gasteiger partial charge in [-0.3, -0.25) is 14.4 Å². The Labute approximate surface area is 217 Å². The molecule has 1 saturated carbocycles. The van der Waals surface area contributed by atoms with E-state index in [1.807, 2.05) is 56.5 Å². The summed E-state index contributed by atoms with van der Waals surface area (Å²) in [5.74, 6) is -1.11. The number of anilines is 1. The molecule has 8 unspecified atom stereocenters. The van der Waals surface area contributed by atoms with Gasteiger partial charge >= 0.3 is 0 Å². The third kappa shape index (κ3) is 3.97. The lowest BCUT2D eigenvalue weighted by molar-refractivity contribution is -0.143. The van der Waals surface area contributed by atoms with Crippen molar-refractivity contribution in [2.24, 2.45) is 23.7 Å². The Morgan fingerprint density at radius 3 is 2.69 bits per heavy atom. The van der Waals surface area contributed by atoms with E-state index in [9.17, 15) is 14.4 Å². The van der Waals surface area contributed by atoms with Gasteiger partial charge in [0.1, 0.15) is 11.6 Å². The molecule has 1 spiro atoms. The summed E-state index contributed by atoms with van der Waals surface area (Å²) in [4.78, 5) is 43.9. The predicted molar refractivity (Wildman–Crippen MR) is 140 cm³/mol. The number of fused-ring (bicyclic) bond motifs is 1. The Morgan fingerprint density at radius 2 is 1.97 bits per heavy atom. The highest BCUT2D eigenvalue weighted by Crippen LogP contribution is 2.55. The lowest BCUT2D eigenvalue weighted by Crippen LogP contribution is -2.58. The quantitative estimate of drug-likeness (QED) is 0.448. The van der Waals surface area contributed by atoms with Crippen LogP contribution in [0.2, 0.25) is 0 Å². The molecule has 4 aliphatic rings. The largest absolute Gasteiger partial charge is 0.359 e. The number of likely N-dealkylation sites (tertiary alicyclic amines) is 1. The van der Waals surface area contributed by atoms with Crippen molar-refractivity contribution in [3.63, 3.8) is 0 Å². The maximum atomic E-state index is 13.9. The molecule has 2 N–H and O–H groups in total. The number of hydrogen-bond donors (Lipinski definition) is 2. The molecule has 3 aliphatic heterocycles. The van der Waals surface area contributed by atoms with Gasteiger partial charge in [-0.25, -0.2) is 0 Å². The number of hydrogen-bond acceptors (Lipinski definition) is 5. The average molecular weight is 512 g/mol. The molecule has 5 rings (SSSR count). The Bertz CT molecular complexity index is 1090. The van der Waals surface area contributed by atoms with Gasteiger partial charge in [-0.2, -0.15) is 0 Å². The normalized spacial score (nSPS) is 36.9. The molecule has 3 amide bonds. The Balaban J connectivity index is 1.43. The van der Waals surface area contributed by atoms with Gasteiger partial charge in [-0.05, 0) is 56.6 Å². The second-order valence-electron chi connectivity index (χ2n) is 11.1. The highest BCUT2D eigenvalue weighted by Gasteiger charge is 2.73. The second-order valence-corrected chi connectivity index (χ2v) is 12.0. The minimum absolute atomic E-state index is 0.0752. The van der Waals surface area contributed by atoms with Crippen LogP contribution in [0.4, 0.5) is 5.69 Å². The highest BCUT2D eigenvalue weighted by molar-refractivity contribution is 7.98. The van der Waals surface area contributed by atoms with Crippen molar-refractivity contribution in [3.05, 3.63) is 36.4 Å². The molecule has 2 bridgehead atoms. The van der Waals surface area contributed by atoms with E-state index in [2.05, 4.69) is 24.5 Å². The van der Waals surface area contributed by atoms with Crippen molar-refractivity contribution >= 4 is 35.2 Å². The molecule has 0 radical (unpaired) electrons. The summed E-state index contributed by atoms with van der Waals surface area (Å²) >= 11 is 1.60. The van der Waals surface area contributed by atoms with E-state index >= 15 is 0 Å². The van der Waals surface area contributed by atoms with Gasteiger partial charge in [0.2, 0.25) is 17.7 Å². The number of nitrogens with zero attached hydrogens (tertiary/aromatic N) is 1. The van der Waals surface area contributed by atoms with E-state index < -0.39 is 29.6 Å². The molecule has 8 heteroatoms. The zero-order chi connectivity index (χ0) is 25.8. The number of ether oxygens (including phenoxy) is 1. The van der Waals surface area contributed by atoms with Crippen LogP contribution in [-0.4, -0.2) is 58.7 Å². The first-order valence-electron chi connectivity index (χ1n) is 13.1. The van der Waals surface area contributed by atoms with Crippen LogP contribution in [-0.2, 0) is 19.1 Å². The fourth-order valence-electron chi connectivity index (χ4n) is 6.74. The molecule has 0 aromatic heterocycles. The third-order valence-corrected chi connectivity index (χ3v) is 9.52. The topological polar surface area (TPSA) is 87.7 Å². The minimum atomic E-state index is -1.12. The first-order chi connectivity index (χ1) is 17.2. The lowest BCUT2D eigenvalue weighted by atomic mass is 9.73. The van der Waals surface area contributed by atoms with Gasteiger partial charge in [-0.15, -0.1) is 11.8 Å². The van der Waals surface area contributed by atoms with Crippen molar-refractivity contribution in [2.75, 3.05) is 11.6 Å².